The van der Waals surface area contributed by atoms with Gasteiger partial charge in [0.2, 0.25) is 11.8 Å². The van der Waals surface area contributed by atoms with Crippen molar-refractivity contribution in [2.24, 2.45) is 5.92 Å². The summed E-state index contributed by atoms with van der Waals surface area (Å²) >= 11 is 0. The van der Waals surface area contributed by atoms with Crippen LogP contribution in [0, 0.1) is 12.8 Å². The average molecular weight is 322 g/mol. The fourth-order valence-electron chi connectivity index (χ4n) is 3.18. The van der Waals surface area contributed by atoms with Crippen LogP contribution in [-0.4, -0.2) is 69.1 Å². The quantitative estimate of drug-likeness (QED) is 0.844. The van der Waals surface area contributed by atoms with Crippen LogP contribution in [0.5, 0.6) is 0 Å². The Morgan fingerprint density at radius 2 is 2.09 bits per heavy atom. The van der Waals surface area contributed by atoms with Crippen LogP contribution < -0.4 is 0 Å². The van der Waals surface area contributed by atoms with Crippen molar-refractivity contribution in [2.45, 2.75) is 45.4 Å². The van der Waals surface area contributed by atoms with Gasteiger partial charge in [-0.25, -0.2) is 4.98 Å². The molecular formula is C16H26N4O3. The number of amides is 2. The van der Waals surface area contributed by atoms with Gasteiger partial charge in [-0.2, -0.15) is 0 Å². The summed E-state index contributed by atoms with van der Waals surface area (Å²) in [5.41, 5.74) is 0. The van der Waals surface area contributed by atoms with Gasteiger partial charge in [-0.15, -0.1) is 0 Å². The van der Waals surface area contributed by atoms with Gasteiger partial charge < -0.3 is 19.5 Å². The molecule has 1 aliphatic rings. The van der Waals surface area contributed by atoms with E-state index in [1.807, 2.05) is 17.7 Å². The monoisotopic (exact) mass is 322 g/mol. The number of carbonyl (C=O) groups excluding carboxylic acids is 2. The summed E-state index contributed by atoms with van der Waals surface area (Å²) in [6, 6.07) is -0.272. The molecule has 0 aliphatic heterocycles. The smallest absolute Gasteiger partial charge is 0.228 e. The summed E-state index contributed by atoms with van der Waals surface area (Å²) in [5, 5.41) is 10.4. The summed E-state index contributed by atoms with van der Waals surface area (Å²) in [5.74, 6) is 0.325. The lowest BCUT2D eigenvalue weighted by atomic mass is 10.0. The maximum atomic E-state index is 12.6. The minimum atomic E-state index is -0.797. The molecule has 3 atom stereocenters. The first kappa shape index (κ1) is 17.5. The van der Waals surface area contributed by atoms with Crippen LogP contribution in [0.2, 0.25) is 0 Å². The van der Waals surface area contributed by atoms with E-state index in [0.29, 0.717) is 25.9 Å². The highest BCUT2D eigenvalue weighted by Crippen LogP contribution is 2.30. The lowest BCUT2D eigenvalue weighted by Gasteiger charge is -2.29. The van der Waals surface area contributed by atoms with Gasteiger partial charge in [0.25, 0.3) is 0 Å². The summed E-state index contributed by atoms with van der Waals surface area (Å²) in [6.45, 7) is 4.63. The van der Waals surface area contributed by atoms with Crippen molar-refractivity contribution in [3.05, 3.63) is 18.2 Å². The Bertz CT molecular complexity index is 571. The van der Waals surface area contributed by atoms with Gasteiger partial charge >= 0.3 is 0 Å². The Morgan fingerprint density at radius 3 is 2.65 bits per heavy atom. The van der Waals surface area contributed by atoms with E-state index in [-0.39, 0.29) is 17.9 Å². The number of hydrogen-bond donors (Lipinski definition) is 1. The molecule has 128 valence electrons. The normalized spacial score (nSPS) is 23.8. The third kappa shape index (κ3) is 3.72. The molecule has 7 nitrogen and oxygen atoms in total. The van der Waals surface area contributed by atoms with E-state index in [1.165, 1.54) is 11.8 Å². The van der Waals surface area contributed by atoms with E-state index in [4.69, 9.17) is 0 Å². The Morgan fingerprint density at radius 1 is 1.39 bits per heavy atom. The van der Waals surface area contributed by atoms with Crippen molar-refractivity contribution in [2.75, 3.05) is 20.6 Å². The standard InChI is InChI=1S/C16H26N4O3/c1-11-17-7-8-20(11)10-9-18(3)16(23)13-5-6-14(15(13)22)19(4)12(2)21/h7-8,13-15,22H,5-6,9-10H2,1-4H3/t13-,14-,15+/m1/s1. The Kier molecular flexibility index (Phi) is 5.41. The summed E-state index contributed by atoms with van der Waals surface area (Å²) in [7, 11) is 3.43. The molecule has 0 radical (unpaired) electrons. The number of carbonyl (C=O) groups is 2. The van der Waals surface area contributed by atoms with Crippen LogP contribution in [0.25, 0.3) is 0 Å². The number of aliphatic hydroxyl groups excluding tert-OH is 1. The van der Waals surface area contributed by atoms with E-state index in [1.54, 1.807) is 25.2 Å². The summed E-state index contributed by atoms with van der Waals surface area (Å²) in [6.07, 6.45) is 4.09. The molecule has 0 unspecified atom stereocenters. The first-order chi connectivity index (χ1) is 10.8. The van der Waals surface area contributed by atoms with Gasteiger partial charge in [0, 0.05) is 46.5 Å². The molecule has 23 heavy (non-hydrogen) atoms. The largest absolute Gasteiger partial charge is 0.390 e. The molecule has 7 heteroatoms. The molecular weight excluding hydrogens is 296 g/mol. The number of aliphatic hydroxyl groups is 1. The molecule has 2 rings (SSSR count). The van der Waals surface area contributed by atoms with Crippen LogP contribution in [-0.2, 0) is 16.1 Å². The van der Waals surface area contributed by atoms with Gasteiger partial charge in [-0.3, -0.25) is 9.59 Å². The summed E-state index contributed by atoms with van der Waals surface area (Å²) < 4.78 is 1.99. The zero-order chi connectivity index (χ0) is 17.1. The number of aryl methyl sites for hydroxylation is 1. The van der Waals surface area contributed by atoms with E-state index < -0.39 is 12.0 Å². The Balaban J connectivity index is 1.92. The predicted molar refractivity (Wildman–Crippen MR) is 85.6 cm³/mol. The van der Waals surface area contributed by atoms with Gasteiger partial charge in [-0.1, -0.05) is 0 Å². The lowest BCUT2D eigenvalue weighted by molar-refractivity contribution is -0.140. The van der Waals surface area contributed by atoms with E-state index in [0.717, 1.165) is 5.82 Å². The second kappa shape index (κ2) is 7.12. The minimum Gasteiger partial charge on any atom is -0.390 e. The molecule has 2 amide bonds. The molecule has 0 aromatic carbocycles. The molecule has 1 aromatic heterocycles. The van der Waals surface area contributed by atoms with Crippen LogP contribution in [0.15, 0.2) is 12.4 Å². The minimum absolute atomic E-state index is 0.0604. The SMILES string of the molecule is CC(=O)N(C)[C@@H]1CC[C@@H](C(=O)N(C)CCn2ccnc2C)[C@@H]1O. The molecule has 1 N–H and O–H groups in total. The maximum Gasteiger partial charge on any atom is 0.228 e. The third-order valence-electron chi connectivity index (χ3n) is 4.87. The number of imidazole rings is 1. The molecule has 1 saturated carbocycles. The van der Waals surface area contributed by atoms with Gasteiger partial charge in [0.05, 0.1) is 18.1 Å². The highest BCUT2D eigenvalue weighted by Gasteiger charge is 2.42. The topological polar surface area (TPSA) is 78.7 Å². The molecule has 0 spiro atoms. The second-order valence-electron chi connectivity index (χ2n) is 6.30. The van der Waals surface area contributed by atoms with Crippen LogP contribution in [0.1, 0.15) is 25.6 Å². The molecule has 1 heterocycles. The number of likely N-dealkylation sites (N-methyl/N-ethyl adjacent to an activating group) is 2. The molecule has 1 aliphatic carbocycles. The van der Waals surface area contributed by atoms with Crippen molar-refractivity contribution in [3.8, 4) is 0 Å². The Labute approximate surface area is 136 Å². The number of aromatic nitrogens is 2. The van der Waals surface area contributed by atoms with Crippen LogP contribution in [0.3, 0.4) is 0 Å². The number of hydrogen-bond acceptors (Lipinski definition) is 4. The number of rotatable bonds is 5. The van der Waals surface area contributed by atoms with Crippen molar-refractivity contribution in [3.63, 3.8) is 0 Å². The van der Waals surface area contributed by atoms with Crippen molar-refractivity contribution >= 4 is 11.8 Å². The van der Waals surface area contributed by atoms with Gasteiger partial charge in [0.15, 0.2) is 0 Å². The summed E-state index contributed by atoms with van der Waals surface area (Å²) in [4.78, 5) is 31.4. The van der Waals surface area contributed by atoms with Crippen molar-refractivity contribution in [1.29, 1.82) is 0 Å². The first-order valence-electron chi connectivity index (χ1n) is 7.97. The maximum absolute atomic E-state index is 12.6. The lowest BCUT2D eigenvalue weighted by Crippen LogP contribution is -2.46. The van der Waals surface area contributed by atoms with E-state index >= 15 is 0 Å². The second-order valence-corrected chi connectivity index (χ2v) is 6.30. The Hall–Kier alpha value is -1.89. The molecule has 0 bridgehead atoms. The zero-order valence-corrected chi connectivity index (χ0v) is 14.3. The predicted octanol–water partition coefficient (Wildman–Crippen LogP) is 0.268. The van der Waals surface area contributed by atoms with Gasteiger partial charge in [-0.05, 0) is 19.8 Å². The van der Waals surface area contributed by atoms with Gasteiger partial charge in [0.1, 0.15) is 5.82 Å². The number of nitrogens with zero attached hydrogens (tertiary/aromatic N) is 4. The fraction of sp³-hybridized carbons (Fsp3) is 0.688. The van der Waals surface area contributed by atoms with Crippen LogP contribution >= 0.6 is 0 Å². The third-order valence-corrected chi connectivity index (χ3v) is 4.87. The molecule has 1 aromatic rings. The zero-order valence-electron chi connectivity index (χ0n) is 14.3. The van der Waals surface area contributed by atoms with Crippen molar-refractivity contribution in [1.82, 2.24) is 19.4 Å². The van der Waals surface area contributed by atoms with E-state index in [2.05, 4.69) is 4.98 Å². The van der Waals surface area contributed by atoms with E-state index in [9.17, 15) is 14.7 Å². The molecule has 1 fully saturated rings. The highest BCUT2D eigenvalue weighted by molar-refractivity contribution is 5.80. The first-order valence-corrected chi connectivity index (χ1v) is 7.97. The van der Waals surface area contributed by atoms with Crippen molar-refractivity contribution < 1.29 is 14.7 Å². The highest BCUT2D eigenvalue weighted by atomic mass is 16.3. The van der Waals surface area contributed by atoms with Crippen LogP contribution in [0.4, 0.5) is 0 Å². The average Bonchev–Trinajstić information content (AvgIpc) is 3.09. The molecule has 0 saturated heterocycles. The fourth-order valence-corrected chi connectivity index (χ4v) is 3.18.